The van der Waals surface area contributed by atoms with Gasteiger partial charge in [-0.25, -0.2) is 14.0 Å². The quantitative estimate of drug-likeness (QED) is 0.163. The van der Waals surface area contributed by atoms with Gasteiger partial charge in [0.15, 0.2) is 6.10 Å². The van der Waals surface area contributed by atoms with Crippen molar-refractivity contribution in [1.29, 1.82) is 0 Å². The lowest BCUT2D eigenvalue weighted by molar-refractivity contribution is -0.211. The van der Waals surface area contributed by atoms with Gasteiger partial charge >= 0.3 is 37.1 Å². The maximum absolute atomic E-state index is 13.9. The first kappa shape index (κ1) is 28.6. The van der Waals surface area contributed by atoms with Gasteiger partial charge in [-0.05, 0) is 25.0 Å². The van der Waals surface area contributed by atoms with Crippen LogP contribution in [-0.4, -0.2) is 106 Å². The predicted octanol–water partition coefficient (Wildman–Crippen LogP) is -1.34. The van der Waals surface area contributed by atoms with E-state index < -0.39 is 91.2 Å². The second kappa shape index (κ2) is 10.8. The van der Waals surface area contributed by atoms with Crippen LogP contribution in [0.3, 0.4) is 0 Å². The highest BCUT2D eigenvalue weighted by Crippen LogP contribution is 2.32. The second-order valence-electron chi connectivity index (χ2n) is 8.30. The molecule has 0 saturated carbocycles. The monoisotopic (exact) mass is 548 g/mol. The van der Waals surface area contributed by atoms with Gasteiger partial charge in [-0.1, -0.05) is 6.07 Å². The van der Waals surface area contributed by atoms with Gasteiger partial charge in [0.2, 0.25) is 5.91 Å². The Bertz CT molecular complexity index is 1170. The van der Waals surface area contributed by atoms with Crippen molar-refractivity contribution in [2.75, 3.05) is 19.6 Å². The number of carboxylic acid groups (broad SMARTS) is 1. The number of aromatic carboxylic acids is 1. The van der Waals surface area contributed by atoms with Crippen molar-refractivity contribution in [3.05, 3.63) is 29.1 Å². The zero-order valence-corrected chi connectivity index (χ0v) is 19.5. The number of nitrogens with one attached hydrogen (secondary N) is 2. The molecule has 1 fully saturated rings. The number of urea groups is 1. The van der Waals surface area contributed by atoms with Gasteiger partial charge in [0.25, 0.3) is 0 Å². The van der Waals surface area contributed by atoms with E-state index in [4.69, 9.17) is 4.65 Å². The van der Waals surface area contributed by atoms with E-state index in [0.717, 1.165) is 17.0 Å². The van der Waals surface area contributed by atoms with Gasteiger partial charge < -0.3 is 35.4 Å². The topological polar surface area (TPSA) is 186 Å². The van der Waals surface area contributed by atoms with E-state index in [1.807, 2.05) is 5.32 Å². The molecule has 0 spiro atoms. The van der Waals surface area contributed by atoms with Crippen molar-refractivity contribution in [2.24, 2.45) is 0 Å². The number of halogens is 4. The molecule has 0 radical (unpaired) electrons. The number of fused-ring (bicyclic) bond motifs is 1. The van der Waals surface area contributed by atoms with Crippen molar-refractivity contribution in [3.63, 3.8) is 0 Å². The third-order valence-corrected chi connectivity index (χ3v) is 5.90. The van der Waals surface area contributed by atoms with Crippen LogP contribution in [0.5, 0.6) is 5.75 Å². The first-order valence-corrected chi connectivity index (χ1v) is 11.0. The Kier molecular flexibility index (Phi) is 8.16. The molecule has 2 aliphatic heterocycles. The third-order valence-electron chi connectivity index (χ3n) is 5.90. The first-order chi connectivity index (χ1) is 17.7. The molecule has 2 heterocycles. The molecule has 1 saturated heterocycles. The number of rotatable bonds is 6. The number of likely N-dealkylation sites (N-methyl/N-ethyl adjacent to an activating group) is 1. The number of aliphatic hydroxyl groups excluding tert-OH is 1. The molecule has 38 heavy (non-hydrogen) atoms. The van der Waals surface area contributed by atoms with Crippen LogP contribution in [0.1, 0.15) is 22.8 Å². The average Bonchev–Trinajstić information content (AvgIpc) is 2.83. The molecule has 5 amide bonds. The maximum atomic E-state index is 13.9. The maximum Gasteiger partial charge on any atom is 0.547 e. The molecule has 1 aromatic carbocycles. The second-order valence-corrected chi connectivity index (χ2v) is 8.30. The van der Waals surface area contributed by atoms with Crippen molar-refractivity contribution in [2.45, 2.75) is 37.6 Å². The summed E-state index contributed by atoms with van der Waals surface area (Å²) in [5.41, 5.74) is -0.930. The van der Waals surface area contributed by atoms with Gasteiger partial charge in [-0.3, -0.25) is 19.3 Å². The zero-order chi connectivity index (χ0) is 28.5. The Labute approximate surface area is 211 Å². The molecule has 206 valence electrons. The number of hydrogen-bond acceptors (Lipinski definition) is 8. The van der Waals surface area contributed by atoms with Gasteiger partial charge in [0, 0.05) is 19.6 Å². The minimum atomic E-state index is -5.43. The van der Waals surface area contributed by atoms with Crippen LogP contribution in [0.25, 0.3) is 0 Å². The molecule has 0 unspecified atom stereocenters. The summed E-state index contributed by atoms with van der Waals surface area (Å²) in [6.45, 7) is 1.18. The normalized spacial score (nSPS) is 19.3. The third kappa shape index (κ3) is 5.64. The number of benzene rings is 1. The molecule has 18 heteroatoms. The number of aliphatic hydroxyl groups is 1. The summed E-state index contributed by atoms with van der Waals surface area (Å²) in [7, 11) is -2.06. The Morgan fingerprint density at radius 1 is 1.21 bits per heavy atom. The molecule has 0 aromatic heterocycles. The molecule has 2 aliphatic rings. The van der Waals surface area contributed by atoms with Crippen LogP contribution in [0.2, 0.25) is 0 Å². The van der Waals surface area contributed by atoms with Crippen LogP contribution in [-0.2, 0) is 20.8 Å². The van der Waals surface area contributed by atoms with E-state index in [2.05, 4.69) is 0 Å². The van der Waals surface area contributed by atoms with Crippen LogP contribution in [0, 0.1) is 5.82 Å². The lowest BCUT2D eigenvalue weighted by Crippen LogP contribution is -2.65. The fourth-order valence-corrected chi connectivity index (χ4v) is 3.89. The molecule has 5 N–H and O–H groups in total. The zero-order valence-electron chi connectivity index (χ0n) is 19.5. The van der Waals surface area contributed by atoms with Gasteiger partial charge in [-0.15, -0.1) is 0 Å². The number of imide groups is 1. The van der Waals surface area contributed by atoms with Crippen LogP contribution < -0.4 is 15.3 Å². The number of carbonyl (C=O) groups excluding carboxylic acids is 4. The van der Waals surface area contributed by atoms with E-state index in [1.54, 1.807) is 12.2 Å². The molecule has 1 aromatic rings. The number of alkyl halides is 3. The van der Waals surface area contributed by atoms with E-state index in [1.165, 1.54) is 0 Å². The number of piperazine rings is 1. The SMILES string of the molecule is CCN1CCN(C(=O)N[C@@H](C(=O)N[C@H]2Cc3ccc(F)c(C(=O)O)c3OB2O)[C@H](O)C(F)(F)F)C(=O)C1=O. The molecular weight excluding hydrogens is 527 g/mol. The first-order valence-electron chi connectivity index (χ1n) is 11.0. The Morgan fingerprint density at radius 3 is 2.45 bits per heavy atom. The molecule has 3 atom stereocenters. The van der Waals surface area contributed by atoms with Crippen molar-refractivity contribution in [1.82, 2.24) is 20.4 Å². The van der Waals surface area contributed by atoms with E-state index in [-0.39, 0.29) is 23.6 Å². The Morgan fingerprint density at radius 2 is 1.87 bits per heavy atom. The molecule has 0 bridgehead atoms. The summed E-state index contributed by atoms with van der Waals surface area (Å²) in [4.78, 5) is 62.2. The number of hydrogen-bond donors (Lipinski definition) is 5. The highest BCUT2D eigenvalue weighted by atomic mass is 19.4. The largest absolute Gasteiger partial charge is 0.547 e. The van der Waals surface area contributed by atoms with Crippen LogP contribution in [0.15, 0.2) is 12.1 Å². The lowest BCUT2D eigenvalue weighted by Gasteiger charge is -2.34. The van der Waals surface area contributed by atoms with Crippen LogP contribution in [0.4, 0.5) is 22.4 Å². The highest BCUT2D eigenvalue weighted by Gasteiger charge is 2.50. The van der Waals surface area contributed by atoms with Gasteiger partial charge in [-0.2, -0.15) is 13.2 Å². The smallest absolute Gasteiger partial charge is 0.534 e. The van der Waals surface area contributed by atoms with Crippen molar-refractivity contribution < 1.29 is 61.4 Å². The summed E-state index contributed by atoms with van der Waals surface area (Å²) in [6.07, 6.45) is -9.34. The minimum absolute atomic E-state index is 0.0192. The summed E-state index contributed by atoms with van der Waals surface area (Å²) in [5.74, 6) is -9.10. The fraction of sp³-hybridized carbons (Fsp3) is 0.450. The number of carbonyl (C=O) groups is 5. The number of amides is 5. The van der Waals surface area contributed by atoms with Crippen molar-refractivity contribution >= 4 is 36.8 Å². The van der Waals surface area contributed by atoms with E-state index in [9.17, 15) is 56.8 Å². The summed E-state index contributed by atoms with van der Waals surface area (Å²) >= 11 is 0. The summed E-state index contributed by atoms with van der Waals surface area (Å²) in [5, 5.41) is 32.7. The highest BCUT2D eigenvalue weighted by molar-refractivity contribution is 6.47. The molecule has 3 rings (SSSR count). The molecular formula is C20H21BF4N4O9. The fourth-order valence-electron chi connectivity index (χ4n) is 3.89. The van der Waals surface area contributed by atoms with Crippen molar-refractivity contribution in [3.8, 4) is 5.75 Å². The van der Waals surface area contributed by atoms with Gasteiger partial charge in [0.05, 0.1) is 5.94 Å². The summed E-state index contributed by atoms with van der Waals surface area (Å²) < 4.78 is 58.8. The Hall–Kier alpha value is -3.93. The lowest BCUT2D eigenvalue weighted by atomic mass is 9.72. The van der Waals surface area contributed by atoms with E-state index in [0.29, 0.717) is 0 Å². The number of carboxylic acids is 1. The van der Waals surface area contributed by atoms with Crippen LogP contribution >= 0.6 is 0 Å². The predicted molar refractivity (Wildman–Crippen MR) is 116 cm³/mol. The molecule has 0 aliphatic carbocycles. The minimum Gasteiger partial charge on any atom is -0.534 e. The Balaban J connectivity index is 1.81. The number of nitrogens with zero attached hydrogens (tertiary/aromatic N) is 2. The average molecular weight is 548 g/mol. The standard InChI is InChI=1S/C20H21BF4N4O9/c1-2-28-5-6-29(17(33)16(28)32)19(36)27-12(14(30)20(23,24)25)15(31)26-10-7-8-3-4-9(22)11(18(34)35)13(8)38-21(10)37/h3-4,10,12,14,30,37H,2,5-7H2,1H3,(H,26,31)(H,27,36)(H,34,35)/t10-,12+,14-/m0/s1. The van der Waals surface area contributed by atoms with E-state index >= 15 is 0 Å². The van der Waals surface area contributed by atoms with Gasteiger partial charge in [0.1, 0.15) is 23.2 Å². The molecule has 13 nitrogen and oxygen atoms in total. The summed E-state index contributed by atoms with van der Waals surface area (Å²) in [6, 6.07) is -2.46.